The van der Waals surface area contributed by atoms with Crippen LogP contribution in [-0.2, 0) is 7.05 Å². The van der Waals surface area contributed by atoms with Crippen LogP contribution in [0.4, 0.5) is 21.6 Å². The third kappa shape index (κ3) is 2.19. The van der Waals surface area contributed by atoms with Crippen LogP contribution in [0.2, 0.25) is 5.02 Å². The summed E-state index contributed by atoms with van der Waals surface area (Å²) in [5.74, 6) is 0.125. The number of nitrogens with one attached hydrogen (secondary N) is 1. The average molecular weight is 255 g/mol. The van der Waals surface area contributed by atoms with E-state index in [1.807, 2.05) is 0 Å². The summed E-state index contributed by atoms with van der Waals surface area (Å²) in [6, 6.07) is 4.40. The quantitative estimate of drug-likeness (QED) is 0.866. The number of benzene rings is 1. The molecule has 0 aliphatic rings. The van der Waals surface area contributed by atoms with E-state index in [1.54, 1.807) is 30.8 Å². The summed E-state index contributed by atoms with van der Waals surface area (Å²) in [5.41, 5.74) is 7.35. The van der Waals surface area contributed by atoms with Crippen LogP contribution in [0.15, 0.2) is 18.2 Å². The minimum absolute atomic E-state index is 0.309. The number of nitrogens with zero attached hydrogens (tertiary/aromatic N) is 2. The molecule has 1 heterocycles. The Balaban J connectivity index is 2.38. The van der Waals surface area contributed by atoms with Gasteiger partial charge in [0.2, 0.25) is 0 Å². The highest BCUT2D eigenvalue weighted by Gasteiger charge is 2.12. The fourth-order valence-electron chi connectivity index (χ4n) is 1.54. The van der Waals surface area contributed by atoms with E-state index in [1.165, 1.54) is 6.07 Å². The van der Waals surface area contributed by atoms with Crippen molar-refractivity contribution < 1.29 is 4.39 Å². The molecule has 0 radical (unpaired) electrons. The van der Waals surface area contributed by atoms with Gasteiger partial charge in [0.15, 0.2) is 5.82 Å². The van der Waals surface area contributed by atoms with Gasteiger partial charge in [-0.05, 0) is 25.1 Å². The van der Waals surface area contributed by atoms with E-state index >= 15 is 0 Å². The number of halogens is 2. The molecule has 6 heteroatoms. The summed E-state index contributed by atoms with van der Waals surface area (Å²) in [4.78, 5) is 0. The van der Waals surface area contributed by atoms with E-state index in [-0.39, 0.29) is 0 Å². The summed E-state index contributed by atoms with van der Waals surface area (Å²) >= 11 is 5.68. The van der Waals surface area contributed by atoms with Crippen LogP contribution >= 0.6 is 11.6 Å². The minimum atomic E-state index is -0.434. The van der Waals surface area contributed by atoms with Crippen LogP contribution in [-0.4, -0.2) is 9.78 Å². The lowest BCUT2D eigenvalue weighted by Crippen LogP contribution is -2.02. The second kappa shape index (κ2) is 4.25. The highest BCUT2D eigenvalue weighted by molar-refractivity contribution is 6.30. The Hall–Kier alpha value is -1.75. The Labute approximate surface area is 103 Å². The summed E-state index contributed by atoms with van der Waals surface area (Å²) in [6.45, 7) is 1.79. The monoisotopic (exact) mass is 254 g/mol. The summed E-state index contributed by atoms with van der Waals surface area (Å²) in [7, 11) is 1.74. The average Bonchev–Trinajstić information content (AvgIpc) is 2.48. The normalized spacial score (nSPS) is 10.6. The van der Waals surface area contributed by atoms with E-state index in [9.17, 15) is 4.39 Å². The molecule has 0 atom stereocenters. The number of aryl methyl sites for hydroxylation is 2. The Bertz CT molecular complexity index is 565. The van der Waals surface area contributed by atoms with Gasteiger partial charge in [-0.2, -0.15) is 5.10 Å². The van der Waals surface area contributed by atoms with Crippen molar-refractivity contribution in [2.75, 3.05) is 11.1 Å². The zero-order valence-electron chi connectivity index (χ0n) is 9.46. The zero-order chi connectivity index (χ0) is 12.6. The fourth-order valence-corrected chi connectivity index (χ4v) is 1.70. The molecule has 3 N–H and O–H groups in total. The third-order valence-electron chi connectivity index (χ3n) is 2.45. The lowest BCUT2D eigenvalue weighted by molar-refractivity contribution is 0.631. The van der Waals surface area contributed by atoms with Crippen LogP contribution in [0.3, 0.4) is 0 Å². The highest BCUT2D eigenvalue weighted by atomic mass is 35.5. The lowest BCUT2D eigenvalue weighted by Gasteiger charge is -2.08. The van der Waals surface area contributed by atoms with Gasteiger partial charge >= 0.3 is 0 Å². The maximum atomic E-state index is 13.6. The Morgan fingerprint density at radius 3 is 2.71 bits per heavy atom. The second-order valence-corrected chi connectivity index (χ2v) is 4.16. The molecule has 0 amide bonds. The topological polar surface area (TPSA) is 55.9 Å². The number of hydrogen-bond donors (Lipinski definition) is 2. The molecule has 2 rings (SSSR count). The Morgan fingerprint density at radius 1 is 1.47 bits per heavy atom. The Kier molecular flexibility index (Phi) is 2.93. The van der Waals surface area contributed by atoms with E-state index in [4.69, 9.17) is 17.3 Å². The first kappa shape index (κ1) is 11.7. The van der Waals surface area contributed by atoms with E-state index < -0.39 is 5.82 Å². The van der Waals surface area contributed by atoms with Gasteiger partial charge in [0.25, 0.3) is 0 Å². The van der Waals surface area contributed by atoms with E-state index in [0.29, 0.717) is 27.9 Å². The van der Waals surface area contributed by atoms with E-state index in [2.05, 4.69) is 10.4 Å². The van der Waals surface area contributed by atoms with Gasteiger partial charge < -0.3 is 11.1 Å². The number of aromatic nitrogens is 2. The molecule has 0 saturated heterocycles. The maximum Gasteiger partial charge on any atom is 0.152 e. The molecule has 0 unspecified atom stereocenters. The minimum Gasteiger partial charge on any atom is -0.394 e. The Morgan fingerprint density at radius 2 is 2.18 bits per heavy atom. The van der Waals surface area contributed by atoms with Gasteiger partial charge in [-0.15, -0.1) is 0 Å². The van der Waals surface area contributed by atoms with Gasteiger partial charge in [0.05, 0.1) is 17.1 Å². The predicted molar refractivity (Wildman–Crippen MR) is 67.1 cm³/mol. The predicted octanol–water partition coefficient (Wildman–Crippen LogP) is 2.85. The molecule has 1 aromatic carbocycles. The largest absolute Gasteiger partial charge is 0.394 e. The molecule has 0 fully saturated rings. The SMILES string of the molecule is Cc1nn(C)c(Nc2ccc(Cl)cc2F)c1N. The molecule has 1 aromatic heterocycles. The number of anilines is 3. The van der Waals surface area contributed by atoms with Crippen molar-refractivity contribution in [3.8, 4) is 0 Å². The second-order valence-electron chi connectivity index (χ2n) is 3.72. The fraction of sp³-hybridized carbons (Fsp3) is 0.182. The van der Waals surface area contributed by atoms with Crippen LogP contribution in [0.1, 0.15) is 5.69 Å². The molecular weight excluding hydrogens is 243 g/mol. The van der Waals surface area contributed by atoms with Gasteiger partial charge in [-0.1, -0.05) is 11.6 Å². The van der Waals surface area contributed by atoms with Crippen molar-refractivity contribution in [1.82, 2.24) is 9.78 Å². The van der Waals surface area contributed by atoms with Gasteiger partial charge in [-0.25, -0.2) is 4.39 Å². The molecule has 17 heavy (non-hydrogen) atoms. The molecule has 0 saturated carbocycles. The lowest BCUT2D eigenvalue weighted by atomic mass is 10.3. The zero-order valence-corrected chi connectivity index (χ0v) is 10.2. The van der Waals surface area contributed by atoms with E-state index in [0.717, 1.165) is 0 Å². The van der Waals surface area contributed by atoms with Gasteiger partial charge in [-0.3, -0.25) is 4.68 Å². The van der Waals surface area contributed by atoms with Gasteiger partial charge in [0.1, 0.15) is 5.82 Å². The van der Waals surface area contributed by atoms with Crippen molar-refractivity contribution in [3.63, 3.8) is 0 Å². The molecule has 0 aliphatic carbocycles. The molecule has 90 valence electrons. The van der Waals surface area contributed by atoms with Crippen LogP contribution < -0.4 is 11.1 Å². The first-order valence-electron chi connectivity index (χ1n) is 5.00. The van der Waals surface area contributed by atoms with Crippen molar-refractivity contribution in [1.29, 1.82) is 0 Å². The number of hydrogen-bond acceptors (Lipinski definition) is 3. The van der Waals surface area contributed by atoms with Gasteiger partial charge in [0, 0.05) is 12.1 Å². The van der Waals surface area contributed by atoms with Crippen LogP contribution in [0.5, 0.6) is 0 Å². The summed E-state index contributed by atoms with van der Waals surface area (Å²) in [5, 5.41) is 7.38. The standard InChI is InChI=1S/C11H12ClFN4/c1-6-10(14)11(17(2)16-6)15-9-4-3-7(12)5-8(9)13/h3-5,15H,14H2,1-2H3. The maximum absolute atomic E-state index is 13.6. The van der Waals surface area contributed by atoms with Crippen LogP contribution in [0, 0.1) is 12.7 Å². The number of nitrogen functional groups attached to an aromatic ring is 1. The molecule has 0 aliphatic heterocycles. The smallest absolute Gasteiger partial charge is 0.152 e. The summed E-state index contributed by atoms with van der Waals surface area (Å²) < 4.78 is 15.2. The third-order valence-corrected chi connectivity index (χ3v) is 2.69. The molecule has 2 aromatic rings. The first-order valence-corrected chi connectivity index (χ1v) is 5.38. The summed E-state index contributed by atoms with van der Waals surface area (Å²) in [6.07, 6.45) is 0. The molecule has 0 spiro atoms. The highest BCUT2D eigenvalue weighted by Crippen LogP contribution is 2.27. The molecular formula is C11H12ClFN4. The molecule has 4 nitrogen and oxygen atoms in total. The van der Waals surface area contributed by atoms with Crippen molar-refractivity contribution in [3.05, 3.63) is 34.7 Å². The van der Waals surface area contributed by atoms with Crippen LogP contribution in [0.25, 0.3) is 0 Å². The van der Waals surface area contributed by atoms with Crippen molar-refractivity contribution in [2.24, 2.45) is 7.05 Å². The van der Waals surface area contributed by atoms with Crippen molar-refractivity contribution >= 4 is 28.8 Å². The van der Waals surface area contributed by atoms with Crippen molar-refractivity contribution in [2.45, 2.75) is 6.92 Å². The number of nitrogens with two attached hydrogens (primary N) is 1. The number of rotatable bonds is 2. The molecule has 0 bridgehead atoms. The first-order chi connectivity index (χ1) is 7.99.